The van der Waals surface area contributed by atoms with Crippen LogP contribution in [0.15, 0.2) is 17.4 Å². The molecule has 1 aromatic rings. The van der Waals surface area contributed by atoms with E-state index in [1.807, 2.05) is 0 Å². The van der Waals surface area contributed by atoms with E-state index in [0.717, 1.165) is 4.68 Å². The number of hydrogen-bond acceptors (Lipinski definition) is 2. The highest BCUT2D eigenvalue weighted by Gasteiger charge is 1.93. The number of nitrogens with two attached hydrogens (primary N) is 1. The number of nitrogen functional groups attached to an aromatic ring is 1. The molecule has 0 fully saturated rings. The normalized spacial score (nSPS) is 11.8. The number of H-pyrrole nitrogens is 1. The van der Waals surface area contributed by atoms with Crippen molar-refractivity contribution in [3.05, 3.63) is 33.8 Å². The topological polar surface area (TPSA) is 63.8 Å². The lowest BCUT2D eigenvalue weighted by atomic mass is 10.5. The smallest absolute Gasteiger partial charge is 0.335 e. The van der Waals surface area contributed by atoms with Crippen LogP contribution in [0.1, 0.15) is 0 Å². The minimum Gasteiger partial charge on any atom is -0.335 e. The number of nitrogens with zero attached hydrogens (tertiary/aromatic N) is 1. The van der Waals surface area contributed by atoms with Crippen LogP contribution in [0.25, 0.3) is 12.7 Å². The first kappa shape index (κ1) is 7.40. The van der Waals surface area contributed by atoms with E-state index in [0.29, 0.717) is 10.7 Å². The summed E-state index contributed by atoms with van der Waals surface area (Å²) in [5, 5.41) is 1.04. The van der Waals surface area contributed by atoms with Crippen LogP contribution in [0.3, 0.4) is 0 Å². The largest absolute Gasteiger partial charge is 0.344 e. The van der Waals surface area contributed by atoms with E-state index < -0.39 is 0 Å². The van der Waals surface area contributed by atoms with Crippen molar-refractivity contribution in [2.75, 3.05) is 5.84 Å². The number of rotatable bonds is 1. The molecular formula is C7H9N3O. The Kier molecular flexibility index (Phi) is 1.68. The molecule has 0 aromatic carbocycles. The van der Waals surface area contributed by atoms with Crippen LogP contribution in [0.5, 0.6) is 0 Å². The van der Waals surface area contributed by atoms with Crippen LogP contribution >= 0.6 is 0 Å². The molecule has 0 unspecified atom stereocenters. The summed E-state index contributed by atoms with van der Waals surface area (Å²) in [6.07, 6.45) is 3.15. The maximum absolute atomic E-state index is 10.8. The van der Waals surface area contributed by atoms with Crippen molar-refractivity contribution in [1.29, 1.82) is 0 Å². The summed E-state index contributed by atoms with van der Waals surface area (Å²) in [6.45, 7) is 7.06. The molecule has 0 spiro atoms. The van der Waals surface area contributed by atoms with Gasteiger partial charge in [0, 0.05) is 0 Å². The van der Waals surface area contributed by atoms with Gasteiger partial charge in [0.05, 0.1) is 10.7 Å². The molecule has 0 aliphatic rings. The zero-order valence-electron chi connectivity index (χ0n) is 6.00. The Morgan fingerprint density at radius 3 is 2.64 bits per heavy atom. The average molecular weight is 151 g/mol. The molecule has 0 aliphatic heterocycles. The van der Waals surface area contributed by atoms with Gasteiger partial charge in [0.25, 0.3) is 0 Å². The number of nitrogens with one attached hydrogen (secondary N) is 1. The molecule has 0 saturated carbocycles. The number of allylic oxidation sites excluding steroid dienone is 1. The average Bonchev–Trinajstić information content (AvgIpc) is 2.17. The molecule has 0 aliphatic carbocycles. The van der Waals surface area contributed by atoms with Crippen LogP contribution < -0.4 is 22.2 Å². The second-order valence-electron chi connectivity index (χ2n) is 2.07. The van der Waals surface area contributed by atoms with Gasteiger partial charge in [-0.15, -0.1) is 0 Å². The molecule has 1 heterocycles. The second kappa shape index (κ2) is 2.49. The lowest BCUT2D eigenvalue weighted by Gasteiger charge is -1.84. The molecular weight excluding hydrogens is 142 g/mol. The van der Waals surface area contributed by atoms with Gasteiger partial charge in [0.2, 0.25) is 0 Å². The first-order valence-corrected chi connectivity index (χ1v) is 3.04. The van der Waals surface area contributed by atoms with Gasteiger partial charge in [-0.25, -0.2) is 9.47 Å². The number of imidazole rings is 1. The van der Waals surface area contributed by atoms with Crippen LogP contribution in [-0.2, 0) is 0 Å². The van der Waals surface area contributed by atoms with Crippen molar-refractivity contribution in [3.8, 4) is 0 Å². The van der Waals surface area contributed by atoms with E-state index in [9.17, 15) is 4.79 Å². The summed E-state index contributed by atoms with van der Waals surface area (Å²) in [6, 6.07) is 0. The van der Waals surface area contributed by atoms with Crippen LogP contribution in [0.4, 0.5) is 0 Å². The summed E-state index contributed by atoms with van der Waals surface area (Å²) in [7, 11) is 0. The van der Waals surface area contributed by atoms with Gasteiger partial charge >= 0.3 is 5.69 Å². The quantitative estimate of drug-likeness (QED) is 0.468. The molecule has 1 aromatic heterocycles. The highest BCUT2D eigenvalue weighted by atomic mass is 16.1. The fourth-order valence-electron chi connectivity index (χ4n) is 0.801. The van der Waals surface area contributed by atoms with E-state index >= 15 is 0 Å². The van der Waals surface area contributed by atoms with Crippen molar-refractivity contribution in [2.24, 2.45) is 0 Å². The summed E-state index contributed by atoms with van der Waals surface area (Å²) in [5.74, 6) is 5.34. The number of aromatic nitrogens is 2. The Balaban J connectivity index is 3.73. The third-order valence-electron chi connectivity index (χ3n) is 1.32. The third kappa shape index (κ3) is 1.10. The van der Waals surface area contributed by atoms with Gasteiger partial charge in [0.1, 0.15) is 0 Å². The first-order valence-electron chi connectivity index (χ1n) is 3.04. The molecule has 4 nitrogen and oxygen atoms in total. The van der Waals surface area contributed by atoms with Gasteiger partial charge in [-0.1, -0.05) is 19.2 Å². The molecule has 0 saturated heterocycles. The summed E-state index contributed by atoms with van der Waals surface area (Å²) < 4.78 is 0.990. The fourth-order valence-corrected chi connectivity index (χ4v) is 0.801. The minimum absolute atomic E-state index is 0.372. The Bertz CT molecular complexity index is 424. The van der Waals surface area contributed by atoms with E-state index in [1.165, 1.54) is 0 Å². The molecule has 0 atom stereocenters. The lowest BCUT2D eigenvalue weighted by Crippen LogP contribution is -2.37. The molecule has 0 bridgehead atoms. The van der Waals surface area contributed by atoms with E-state index in [2.05, 4.69) is 18.1 Å². The monoisotopic (exact) mass is 151 g/mol. The fraction of sp³-hybridized carbons (Fsp3) is 0. The Morgan fingerprint density at radius 1 is 1.64 bits per heavy atom. The highest BCUT2D eigenvalue weighted by Crippen LogP contribution is 1.59. The van der Waals surface area contributed by atoms with Gasteiger partial charge < -0.3 is 10.8 Å². The standard InChI is InChI=1S/C7H9N3O/c1-3-4-6-5(2)9-7(11)10(6)8/h3-4H,1-2,8H2,(H,9,11)/b6-4+. The maximum Gasteiger partial charge on any atom is 0.344 e. The molecule has 11 heavy (non-hydrogen) atoms. The van der Waals surface area contributed by atoms with Crippen molar-refractivity contribution < 1.29 is 0 Å². The van der Waals surface area contributed by atoms with Crippen LogP contribution in [0.2, 0.25) is 0 Å². The number of hydrogen-bond donors (Lipinski definition) is 2. The summed E-state index contributed by atoms with van der Waals surface area (Å²) in [5.41, 5.74) is -0.372. The molecule has 0 amide bonds. The van der Waals surface area contributed by atoms with E-state index in [-0.39, 0.29) is 5.69 Å². The Labute approximate surface area is 62.9 Å². The molecule has 4 heteroatoms. The van der Waals surface area contributed by atoms with E-state index in [1.54, 1.807) is 12.2 Å². The minimum atomic E-state index is -0.372. The second-order valence-corrected chi connectivity index (χ2v) is 2.07. The van der Waals surface area contributed by atoms with Crippen molar-refractivity contribution in [1.82, 2.24) is 9.66 Å². The molecule has 58 valence electrons. The molecule has 1 rings (SSSR count). The first-order chi connectivity index (χ1) is 5.16. The zero-order chi connectivity index (χ0) is 8.43. The summed E-state index contributed by atoms with van der Waals surface area (Å²) >= 11 is 0. The zero-order valence-corrected chi connectivity index (χ0v) is 6.00. The SMILES string of the molecule is C=C/C=c1\c(=C)[nH]c(=O)n1N. The van der Waals surface area contributed by atoms with Crippen molar-refractivity contribution in [3.63, 3.8) is 0 Å². The predicted octanol–water partition coefficient (Wildman–Crippen LogP) is -1.73. The van der Waals surface area contributed by atoms with Crippen LogP contribution in [0, 0.1) is 0 Å². The van der Waals surface area contributed by atoms with Gasteiger partial charge in [-0.2, -0.15) is 0 Å². The number of aromatic amines is 1. The molecule has 0 radical (unpaired) electrons. The van der Waals surface area contributed by atoms with Crippen molar-refractivity contribution in [2.45, 2.75) is 0 Å². The third-order valence-corrected chi connectivity index (χ3v) is 1.32. The summed E-state index contributed by atoms with van der Waals surface area (Å²) in [4.78, 5) is 13.3. The van der Waals surface area contributed by atoms with Gasteiger partial charge in [-0.3, -0.25) is 0 Å². The maximum atomic E-state index is 10.8. The van der Waals surface area contributed by atoms with Gasteiger partial charge in [0.15, 0.2) is 0 Å². The lowest BCUT2D eigenvalue weighted by molar-refractivity contribution is 0.909. The predicted molar refractivity (Wildman–Crippen MR) is 44.6 cm³/mol. The van der Waals surface area contributed by atoms with E-state index in [4.69, 9.17) is 5.84 Å². The molecule has 3 N–H and O–H groups in total. The Morgan fingerprint density at radius 2 is 2.27 bits per heavy atom. The Hall–Kier alpha value is -1.71. The van der Waals surface area contributed by atoms with Crippen LogP contribution in [-0.4, -0.2) is 9.66 Å². The van der Waals surface area contributed by atoms with Gasteiger partial charge in [-0.05, 0) is 6.08 Å². The highest BCUT2D eigenvalue weighted by molar-refractivity contribution is 5.32. The van der Waals surface area contributed by atoms with Crippen molar-refractivity contribution >= 4 is 12.7 Å².